The molecule has 3 heteroatoms. The molecule has 2 nitrogen and oxygen atoms in total. The Morgan fingerprint density at radius 2 is 1.61 bits per heavy atom. The van der Waals surface area contributed by atoms with Crippen molar-refractivity contribution in [3.8, 4) is 0 Å². The van der Waals surface area contributed by atoms with Crippen molar-refractivity contribution < 1.29 is 10.2 Å². The molecule has 1 rings (SSSR count). The molecule has 0 aromatic heterocycles. The van der Waals surface area contributed by atoms with Gasteiger partial charge in [-0.2, -0.15) is 0 Å². The summed E-state index contributed by atoms with van der Waals surface area (Å²) in [5, 5.41) is 22.2. The highest BCUT2D eigenvalue weighted by Crippen LogP contribution is 2.30. The van der Waals surface area contributed by atoms with Crippen LogP contribution in [0.2, 0.25) is 19.6 Å². The maximum atomic E-state index is 10.7. The zero-order valence-electron chi connectivity index (χ0n) is 15.6. The SMILES string of the molecule is C[C@@H](C=C=C([C@H](O)C(C)(C)C)[Si](C)(C)C)[C@H](O)c1ccccc1. The summed E-state index contributed by atoms with van der Waals surface area (Å²) in [7, 11) is -1.70. The standard InChI is InChI=1S/C20H32O2Si/c1-15(18(21)16-11-9-8-10-12-16)13-14-17(23(5,6)7)19(22)20(2,3)4/h8-13,15,18-19,21-22H,1-7H3/t14?,15-,18-,19-/m0/s1. The van der Waals surface area contributed by atoms with E-state index in [1.165, 1.54) is 0 Å². The molecule has 3 atom stereocenters. The summed E-state index contributed by atoms with van der Waals surface area (Å²) < 4.78 is 0. The molecule has 0 radical (unpaired) electrons. The van der Waals surface area contributed by atoms with E-state index in [2.05, 4.69) is 25.4 Å². The third-order valence-corrected chi connectivity index (χ3v) is 6.08. The molecule has 0 spiro atoms. The Balaban J connectivity index is 3.13. The minimum atomic E-state index is -1.70. The van der Waals surface area contributed by atoms with Crippen LogP contribution in [0.15, 0.2) is 47.3 Å². The van der Waals surface area contributed by atoms with E-state index in [0.29, 0.717) is 0 Å². The molecule has 0 saturated carbocycles. The van der Waals surface area contributed by atoms with Crippen molar-refractivity contribution in [3.05, 3.63) is 52.9 Å². The van der Waals surface area contributed by atoms with Crippen LogP contribution in [0.5, 0.6) is 0 Å². The lowest BCUT2D eigenvalue weighted by molar-refractivity contribution is 0.100. The summed E-state index contributed by atoms with van der Waals surface area (Å²) in [4.78, 5) is 0. The number of benzene rings is 1. The Morgan fingerprint density at radius 1 is 1.09 bits per heavy atom. The van der Waals surface area contributed by atoms with Crippen molar-refractivity contribution in [1.82, 2.24) is 0 Å². The molecule has 2 N–H and O–H groups in total. The van der Waals surface area contributed by atoms with Gasteiger partial charge in [-0.25, -0.2) is 0 Å². The first-order valence-corrected chi connectivity index (χ1v) is 11.8. The summed E-state index contributed by atoms with van der Waals surface area (Å²) in [6.07, 6.45) is 0.852. The number of hydrogen-bond acceptors (Lipinski definition) is 2. The van der Waals surface area contributed by atoms with Gasteiger partial charge in [0.25, 0.3) is 0 Å². The molecule has 1 aromatic rings. The van der Waals surface area contributed by atoms with E-state index in [-0.39, 0.29) is 11.3 Å². The zero-order chi connectivity index (χ0) is 17.8. The van der Waals surface area contributed by atoms with E-state index in [0.717, 1.165) is 10.8 Å². The lowest BCUT2D eigenvalue weighted by Crippen LogP contribution is -2.39. The summed E-state index contributed by atoms with van der Waals surface area (Å²) in [6, 6.07) is 9.67. The van der Waals surface area contributed by atoms with Gasteiger partial charge in [0, 0.05) is 5.92 Å². The maximum absolute atomic E-state index is 10.7. The smallest absolute Gasteiger partial charge is 0.0857 e. The van der Waals surface area contributed by atoms with Crippen molar-refractivity contribution in [2.75, 3.05) is 0 Å². The lowest BCUT2D eigenvalue weighted by atomic mass is 9.88. The van der Waals surface area contributed by atoms with E-state index in [4.69, 9.17) is 0 Å². The summed E-state index contributed by atoms with van der Waals surface area (Å²) in [6.45, 7) is 14.8. The van der Waals surface area contributed by atoms with Crippen LogP contribution in [0.25, 0.3) is 0 Å². The van der Waals surface area contributed by atoms with Crippen LogP contribution in [-0.4, -0.2) is 24.4 Å². The van der Waals surface area contributed by atoms with E-state index in [9.17, 15) is 10.2 Å². The molecule has 0 amide bonds. The van der Waals surface area contributed by atoms with Crippen molar-refractivity contribution >= 4 is 8.07 Å². The van der Waals surface area contributed by atoms with Crippen LogP contribution in [0.4, 0.5) is 0 Å². The van der Waals surface area contributed by atoms with Crippen LogP contribution in [0.3, 0.4) is 0 Å². The Bertz CT molecular complexity index is 558. The number of aliphatic hydroxyl groups is 2. The fourth-order valence-corrected chi connectivity index (χ4v) is 4.17. The fraction of sp³-hybridized carbons (Fsp3) is 0.550. The average molecular weight is 333 g/mol. The molecule has 128 valence electrons. The lowest BCUT2D eigenvalue weighted by Gasteiger charge is -2.33. The van der Waals surface area contributed by atoms with Gasteiger partial charge in [-0.05, 0) is 22.3 Å². The quantitative estimate of drug-likeness (QED) is 0.605. The second kappa shape index (κ2) is 7.63. The van der Waals surface area contributed by atoms with E-state index < -0.39 is 20.3 Å². The summed E-state index contributed by atoms with van der Waals surface area (Å²) >= 11 is 0. The topological polar surface area (TPSA) is 40.5 Å². The molecular weight excluding hydrogens is 300 g/mol. The third kappa shape index (κ3) is 5.78. The van der Waals surface area contributed by atoms with Gasteiger partial charge in [0.2, 0.25) is 0 Å². The summed E-state index contributed by atoms with van der Waals surface area (Å²) in [5.41, 5.74) is 4.06. The second-order valence-electron chi connectivity index (χ2n) is 8.46. The number of rotatable bonds is 5. The van der Waals surface area contributed by atoms with E-state index in [1.54, 1.807) is 0 Å². The van der Waals surface area contributed by atoms with Gasteiger partial charge in [0.15, 0.2) is 0 Å². The van der Waals surface area contributed by atoms with Crippen LogP contribution in [-0.2, 0) is 0 Å². The average Bonchev–Trinajstić information content (AvgIpc) is 2.44. The predicted molar refractivity (Wildman–Crippen MR) is 101 cm³/mol. The van der Waals surface area contributed by atoms with Gasteiger partial charge in [-0.15, -0.1) is 5.73 Å². The molecule has 0 aliphatic heterocycles. The first-order chi connectivity index (χ1) is 10.4. The third-order valence-electron chi connectivity index (χ3n) is 4.04. The van der Waals surface area contributed by atoms with Crippen LogP contribution in [0.1, 0.15) is 39.4 Å². The molecule has 1 aromatic carbocycles. The number of hydrogen-bond donors (Lipinski definition) is 2. The molecular formula is C20H32O2Si. The molecule has 0 aliphatic rings. The minimum Gasteiger partial charge on any atom is -0.388 e. The van der Waals surface area contributed by atoms with Gasteiger partial charge in [0.1, 0.15) is 0 Å². The molecule has 0 bridgehead atoms. The van der Waals surface area contributed by atoms with Crippen LogP contribution >= 0.6 is 0 Å². The summed E-state index contributed by atoms with van der Waals surface area (Å²) in [5.74, 6) is -0.0593. The second-order valence-corrected chi connectivity index (χ2v) is 13.5. The van der Waals surface area contributed by atoms with Crippen molar-refractivity contribution in [2.45, 2.75) is 59.5 Å². The van der Waals surface area contributed by atoms with Gasteiger partial charge in [-0.1, -0.05) is 77.7 Å². The molecule has 0 aliphatic carbocycles. The molecule has 23 heavy (non-hydrogen) atoms. The van der Waals surface area contributed by atoms with Crippen molar-refractivity contribution in [3.63, 3.8) is 0 Å². The Kier molecular flexibility index (Phi) is 6.61. The minimum absolute atomic E-state index is 0.0593. The Morgan fingerprint density at radius 3 is 2.04 bits per heavy atom. The highest BCUT2D eigenvalue weighted by Gasteiger charge is 2.33. The largest absolute Gasteiger partial charge is 0.388 e. The fourth-order valence-electron chi connectivity index (χ4n) is 2.40. The van der Waals surface area contributed by atoms with Gasteiger partial charge < -0.3 is 10.2 Å². The Hall–Kier alpha value is -1.12. The highest BCUT2D eigenvalue weighted by molar-refractivity contribution is 6.83. The molecule has 0 unspecified atom stereocenters. The van der Waals surface area contributed by atoms with Gasteiger partial charge in [-0.3, -0.25) is 0 Å². The molecule has 0 fully saturated rings. The zero-order valence-corrected chi connectivity index (χ0v) is 16.6. The van der Waals surface area contributed by atoms with E-state index >= 15 is 0 Å². The number of aliphatic hydroxyl groups excluding tert-OH is 2. The van der Waals surface area contributed by atoms with Crippen molar-refractivity contribution in [2.24, 2.45) is 11.3 Å². The molecule has 0 saturated heterocycles. The monoisotopic (exact) mass is 332 g/mol. The maximum Gasteiger partial charge on any atom is 0.0857 e. The van der Waals surface area contributed by atoms with Gasteiger partial charge >= 0.3 is 0 Å². The van der Waals surface area contributed by atoms with E-state index in [1.807, 2.05) is 64.1 Å². The van der Waals surface area contributed by atoms with Crippen LogP contribution in [0, 0.1) is 11.3 Å². The van der Waals surface area contributed by atoms with Crippen molar-refractivity contribution in [1.29, 1.82) is 0 Å². The Labute approximate surface area is 142 Å². The van der Waals surface area contributed by atoms with Gasteiger partial charge in [0.05, 0.1) is 20.3 Å². The van der Waals surface area contributed by atoms with Crippen LogP contribution < -0.4 is 0 Å². The first kappa shape index (κ1) is 19.9. The predicted octanol–water partition coefficient (Wildman–Crippen LogP) is 4.72. The highest BCUT2D eigenvalue weighted by atomic mass is 28.3. The first-order valence-electron chi connectivity index (χ1n) is 8.33. The molecule has 0 heterocycles. The normalized spacial score (nSPS) is 16.2.